The standard InChI is InChI=1S/C13H23N3O3/c1-14-7-9-15(10-8-14)13(19)16-6-4-2-3-5-11(16)12(17)18/h11H,2-10H2,1H3,(H,17,18). The molecule has 0 radical (unpaired) electrons. The van der Waals surface area contributed by atoms with Crippen molar-refractivity contribution in [3.05, 3.63) is 0 Å². The molecule has 2 amide bonds. The van der Waals surface area contributed by atoms with Gasteiger partial charge in [0.15, 0.2) is 0 Å². The lowest BCUT2D eigenvalue weighted by molar-refractivity contribution is -0.142. The van der Waals surface area contributed by atoms with Crippen molar-refractivity contribution in [1.29, 1.82) is 0 Å². The third kappa shape index (κ3) is 3.37. The number of likely N-dealkylation sites (tertiary alicyclic amines) is 1. The average molecular weight is 269 g/mol. The number of nitrogens with zero attached hydrogens (tertiary/aromatic N) is 3. The quantitative estimate of drug-likeness (QED) is 0.760. The number of urea groups is 1. The number of hydrogen-bond donors (Lipinski definition) is 1. The lowest BCUT2D eigenvalue weighted by atomic mass is 10.1. The van der Waals surface area contributed by atoms with Gasteiger partial charge in [0.1, 0.15) is 6.04 Å². The zero-order valence-electron chi connectivity index (χ0n) is 11.5. The van der Waals surface area contributed by atoms with Crippen molar-refractivity contribution in [2.24, 2.45) is 0 Å². The van der Waals surface area contributed by atoms with Gasteiger partial charge >= 0.3 is 12.0 Å². The fourth-order valence-electron chi connectivity index (χ4n) is 2.77. The van der Waals surface area contributed by atoms with Crippen LogP contribution >= 0.6 is 0 Å². The normalized spacial score (nSPS) is 26.1. The second-order valence-corrected chi connectivity index (χ2v) is 5.47. The minimum Gasteiger partial charge on any atom is -0.480 e. The van der Waals surface area contributed by atoms with Gasteiger partial charge in [0.2, 0.25) is 0 Å². The van der Waals surface area contributed by atoms with Gasteiger partial charge in [0.25, 0.3) is 0 Å². The number of carboxylic acid groups (broad SMARTS) is 1. The molecule has 6 nitrogen and oxygen atoms in total. The number of aliphatic carboxylic acids is 1. The first-order valence-electron chi connectivity index (χ1n) is 7.06. The summed E-state index contributed by atoms with van der Waals surface area (Å²) in [6.45, 7) is 3.67. The van der Waals surface area contributed by atoms with Gasteiger partial charge in [0.05, 0.1) is 0 Å². The number of carboxylic acids is 1. The third-order valence-corrected chi connectivity index (χ3v) is 4.06. The summed E-state index contributed by atoms with van der Waals surface area (Å²) in [7, 11) is 2.04. The maximum absolute atomic E-state index is 12.5. The number of piperazine rings is 1. The smallest absolute Gasteiger partial charge is 0.326 e. The summed E-state index contributed by atoms with van der Waals surface area (Å²) in [5.74, 6) is -0.871. The van der Waals surface area contributed by atoms with Gasteiger partial charge in [-0.15, -0.1) is 0 Å². The van der Waals surface area contributed by atoms with E-state index in [9.17, 15) is 14.7 Å². The van der Waals surface area contributed by atoms with Crippen molar-refractivity contribution >= 4 is 12.0 Å². The molecule has 6 heteroatoms. The first-order valence-corrected chi connectivity index (χ1v) is 7.06. The Balaban J connectivity index is 2.03. The zero-order valence-corrected chi connectivity index (χ0v) is 11.5. The fraction of sp³-hybridized carbons (Fsp3) is 0.846. The summed E-state index contributed by atoms with van der Waals surface area (Å²) >= 11 is 0. The highest BCUT2D eigenvalue weighted by Gasteiger charge is 2.33. The van der Waals surface area contributed by atoms with E-state index >= 15 is 0 Å². The molecule has 1 unspecified atom stereocenters. The Labute approximate surface area is 114 Å². The molecule has 0 aromatic heterocycles. The molecule has 2 fully saturated rings. The van der Waals surface area contributed by atoms with Gasteiger partial charge in [-0.3, -0.25) is 0 Å². The highest BCUT2D eigenvalue weighted by Crippen LogP contribution is 2.19. The third-order valence-electron chi connectivity index (χ3n) is 4.06. The van der Waals surface area contributed by atoms with E-state index in [0.717, 1.165) is 32.4 Å². The Hall–Kier alpha value is -1.30. The summed E-state index contributed by atoms with van der Waals surface area (Å²) in [4.78, 5) is 29.4. The molecule has 0 aromatic rings. The van der Waals surface area contributed by atoms with Crippen LogP contribution in [0.3, 0.4) is 0 Å². The van der Waals surface area contributed by atoms with E-state index in [1.165, 1.54) is 0 Å². The van der Waals surface area contributed by atoms with E-state index < -0.39 is 12.0 Å². The van der Waals surface area contributed by atoms with Gasteiger partial charge in [-0.05, 0) is 19.9 Å². The molecule has 2 saturated heterocycles. The molecule has 2 heterocycles. The molecule has 108 valence electrons. The molecule has 0 saturated carbocycles. The fourth-order valence-corrected chi connectivity index (χ4v) is 2.77. The lowest BCUT2D eigenvalue weighted by Gasteiger charge is -2.37. The van der Waals surface area contributed by atoms with Gasteiger partial charge in [0, 0.05) is 32.7 Å². The van der Waals surface area contributed by atoms with E-state index in [-0.39, 0.29) is 6.03 Å². The van der Waals surface area contributed by atoms with E-state index in [4.69, 9.17) is 0 Å². The van der Waals surface area contributed by atoms with Crippen molar-refractivity contribution in [1.82, 2.24) is 14.7 Å². The maximum Gasteiger partial charge on any atom is 0.326 e. The molecule has 1 atom stereocenters. The zero-order chi connectivity index (χ0) is 13.8. The molecule has 0 aromatic carbocycles. The van der Waals surface area contributed by atoms with E-state index in [2.05, 4.69) is 4.90 Å². The molecule has 19 heavy (non-hydrogen) atoms. The Morgan fingerprint density at radius 3 is 2.32 bits per heavy atom. The summed E-state index contributed by atoms with van der Waals surface area (Å²) in [6, 6.07) is -0.739. The monoisotopic (exact) mass is 269 g/mol. The summed E-state index contributed by atoms with van der Waals surface area (Å²) in [6.07, 6.45) is 3.39. The Bertz CT molecular complexity index is 340. The van der Waals surface area contributed by atoms with Crippen LogP contribution < -0.4 is 0 Å². The minimum absolute atomic E-state index is 0.0950. The van der Waals surface area contributed by atoms with Crippen LogP contribution in [0.25, 0.3) is 0 Å². The molecule has 2 aliphatic rings. The van der Waals surface area contributed by atoms with Gasteiger partial charge < -0.3 is 19.8 Å². The van der Waals surface area contributed by atoms with Crippen LogP contribution in [0.4, 0.5) is 4.79 Å². The van der Waals surface area contributed by atoms with Crippen LogP contribution in [-0.2, 0) is 4.79 Å². The molecule has 0 aliphatic carbocycles. The van der Waals surface area contributed by atoms with E-state index in [1.54, 1.807) is 9.80 Å². The first-order chi connectivity index (χ1) is 9.09. The van der Waals surface area contributed by atoms with Gasteiger partial charge in [-0.25, -0.2) is 9.59 Å². The van der Waals surface area contributed by atoms with Crippen LogP contribution in [0.5, 0.6) is 0 Å². The number of likely N-dealkylation sites (N-methyl/N-ethyl adjacent to an activating group) is 1. The molecular formula is C13H23N3O3. The second kappa shape index (κ2) is 6.23. The summed E-state index contributed by atoms with van der Waals surface area (Å²) < 4.78 is 0. The topological polar surface area (TPSA) is 64.1 Å². The Morgan fingerprint density at radius 2 is 1.68 bits per heavy atom. The maximum atomic E-state index is 12.5. The molecule has 2 rings (SSSR count). The number of amides is 2. The highest BCUT2D eigenvalue weighted by molar-refractivity contribution is 5.82. The summed E-state index contributed by atoms with van der Waals surface area (Å²) in [5.41, 5.74) is 0. The van der Waals surface area contributed by atoms with Crippen LogP contribution in [0.15, 0.2) is 0 Å². The van der Waals surface area contributed by atoms with E-state index in [1.807, 2.05) is 7.05 Å². The van der Waals surface area contributed by atoms with Crippen LogP contribution in [-0.4, -0.2) is 77.6 Å². The molecule has 0 bridgehead atoms. The number of hydrogen-bond acceptors (Lipinski definition) is 3. The molecule has 0 spiro atoms. The van der Waals surface area contributed by atoms with E-state index in [0.29, 0.717) is 26.1 Å². The van der Waals surface area contributed by atoms with Crippen LogP contribution in [0.1, 0.15) is 25.7 Å². The van der Waals surface area contributed by atoms with Crippen molar-refractivity contribution in [3.63, 3.8) is 0 Å². The number of carbonyl (C=O) groups excluding carboxylic acids is 1. The van der Waals surface area contributed by atoms with Gasteiger partial charge in [-0.1, -0.05) is 12.8 Å². The SMILES string of the molecule is CN1CCN(C(=O)N2CCCCCC2C(=O)O)CC1. The molecule has 1 N–H and O–H groups in total. The van der Waals surface area contributed by atoms with Crippen molar-refractivity contribution in [2.45, 2.75) is 31.7 Å². The largest absolute Gasteiger partial charge is 0.480 e. The minimum atomic E-state index is -0.871. The first kappa shape index (κ1) is 14.1. The number of carbonyl (C=O) groups is 2. The average Bonchev–Trinajstić information content (AvgIpc) is 2.64. The number of rotatable bonds is 1. The van der Waals surface area contributed by atoms with Crippen molar-refractivity contribution < 1.29 is 14.7 Å². The summed E-state index contributed by atoms with van der Waals surface area (Å²) in [5, 5.41) is 9.30. The highest BCUT2D eigenvalue weighted by atomic mass is 16.4. The van der Waals surface area contributed by atoms with Crippen LogP contribution in [0.2, 0.25) is 0 Å². The van der Waals surface area contributed by atoms with Crippen LogP contribution in [0, 0.1) is 0 Å². The predicted molar refractivity (Wildman–Crippen MR) is 71.1 cm³/mol. The van der Waals surface area contributed by atoms with Gasteiger partial charge in [-0.2, -0.15) is 0 Å². The molecule has 2 aliphatic heterocycles. The van der Waals surface area contributed by atoms with Crippen molar-refractivity contribution in [2.75, 3.05) is 39.8 Å². The Morgan fingerprint density at radius 1 is 1.00 bits per heavy atom. The van der Waals surface area contributed by atoms with Crippen molar-refractivity contribution in [3.8, 4) is 0 Å². The lowest BCUT2D eigenvalue weighted by Crippen LogP contribution is -2.55. The second-order valence-electron chi connectivity index (χ2n) is 5.47. The molecular weight excluding hydrogens is 246 g/mol. The Kier molecular flexibility index (Phi) is 4.63. The predicted octanol–water partition coefficient (Wildman–Crippen LogP) is 0.683.